The number of nitro benzene ring substituents is 1. The van der Waals surface area contributed by atoms with Crippen molar-refractivity contribution in [1.29, 1.82) is 0 Å². The summed E-state index contributed by atoms with van der Waals surface area (Å²) >= 11 is 12.3. The van der Waals surface area contributed by atoms with Crippen LogP contribution in [0.4, 0.5) is 11.4 Å². The summed E-state index contributed by atoms with van der Waals surface area (Å²) in [6.07, 6.45) is 0. The van der Waals surface area contributed by atoms with Gasteiger partial charge < -0.3 is 10.2 Å². The average molecular weight is 302 g/mol. The summed E-state index contributed by atoms with van der Waals surface area (Å²) in [5, 5.41) is 14.8. The second-order valence-corrected chi connectivity index (χ2v) is 5.91. The molecule has 2 unspecified atom stereocenters. The molecule has 7 heteroatoms. The van der Waals surface area contributed by atoms with Crippen LogP contribution < -0.4 is 10.2 Å². The van der Waals surface area contributed by atoms with E-state index in [9.17, 15) is 10.1 Å². The average Bonchev–Trinajstić information content (AvgIpc) is 2.88. The molecule has 2 atom stereocenters. The Morgan fingerprint density at radius 2 is 1.74 bits per heavy atom. The maximum absolute atomic E-state index is 10.8. The molecule has 5 nitrogen and oxygen atoms in total. The molecule has 2 aliphatic heterocycles. The molecule has 2 fully saturated rings. The van der Waals surface area contributed by atoms with E-state index in [1.807, 2.05) is 0 Å². The first-order valence-electron chi connectivity index (χ1n) is 6.15. The van der Waals surface area contributed by atoms with Crippen molar-refractivity contribution in [3.05, 3.63) is 32.3 Å². The molecule has 2 heterocycles. The fraction of sp³-hybridized carbons (Fsp3) is 0.500. The molecule has 102 valence electrons. The first-order valence-corrected chi connectivity index (χ1v) is 6.91. The van der Waals surface area contributed by atoms with Gasteiger partial charge in [0.05, 0.1) is 20.7 Å². The molecule has 1 aromatic rings. The predicted molar refractivity (Wildman–Crippen MR) is 75.2 cm³/mol. The van der Waals surface area contributed by atoms with Crippen LogP contribution in [0, 0.1) is 22.0 Å². The number of nitrogens with one attached hydrogen (secondary N) is 1. The van der Waals surface area contributed by atoms with Crippen LogP contribution in [0.2, 0.25) is 10.0 Å². The third-order valence-corrected chi connectivity index (χ3v) is 4.49. The Kier molecular flexibility index (Phi) is 3.28. The van der Waals surface area contributed by atoms with Crippen LogP contribution in [0.15, 0.2) is 12.1 Å². The molecule has 0 amide bonds. The first kappa shape index (κ1) is 13.0. The van der Waals surface area contributed by atoms with Gasteiger partial charge in [-0.25, -0.2) is 0 Å². The molecule has 0 aromatic heterocycles. The van der Waals surface area contributed by atoms with Crippen LogP contribution in [-0.4, -0.2) is 31.1 Å². The number of hydrogen-bond donors (Lipinski definition) is 1. The summed E-state index contributed by atoms with van der Waals surface area (Å²) in [5.74, 6) is 1.23. The van der Waals surface area contributed by atoms with Gasteiger partial charge in [0.1, 0.15) is 0 Å². The van der Waals surface area contributed by atoms with Gasteiger partial charge in [0.25, 0.3) is 5.69 Å². The highest BCUT2D eigenvalue weighted by Crippen LogP contribution is 2.41. The molecule has 3 rings (SSSR count). The second-order valence-electron chi connectivity index (χ2n) is 5.10. The Labute approximate surface area is 120 Å². The highest BCUT2D eigenvalue weighted by atomic mass is 35.5. The topological polar surface area (TPSA) is 58.4 Å². The van der Waals surface area contributed by atoms with Crippen molar-refractivity contribution < 1.29 is 4.92 Å². The molecule has 0 radical (unpaired) electrons. The van der Waals surface area contributed by atoms with Gasteiger partial charge in [-0.1, -0.05) is 23.2 Å². The molecule has 0 aliphatic carbocycles. The van der Waals surface area contributed by atoms with E-state index in [0.29, 0.717) is 21.9 Å². The zero-order chi connectivity index (χ0) is 13.6. The van der Waals surface area contributed by atoms with Crippen molar-refractivity contribution in [1.82, 2.24) is 5.32 Å². The lowest BCUT2D eigenvalue weighted by Crippen LogP contribution is -2.25. The Hall–Kier alpha value is -1.04. The normalized spacial score (nSPS) is 25.7. The van der Waals surface area contributed by atoms with Gasteiger partial charge in [0.15, 0.2) is 0 Å². The molecule has 0 saturated carbocycles. The highest BCUT2D eigenvalue weighted by molar-refractivity contribution is 6.39. The number of non-ortho nitro benzene ring substituents is 1. The largest absolute Gasteiger partial charge is 0.368 e. The number of nitro groups is 1. The lowest BCUT2D eigenvalue weighted by molar-refractivity contribution is -0.384. The molecule has 1 aromatic carbocycles. The Bertz CT molecular complexity index is 503. The van der Waals surface area contributed by atoms with Gasteiger partial charge in [0.2, 0.25) is 0 Å². The molecule has 0 spiro atoms. The number of benzene rings is 1. The van der Waals surface area contributed by atoms with Gasteiger partial charge in [-0.2, -0.15) is 0 Å². The van der Waals surface area contributed by atoms with E-state index in [2.05, 4.69) is 10.2 Å². The Balaban J connectivity index is 1.91. The summed E-state index contributed by atoms with van der Waals surface area (Å²) in [4.78, 5) is 12.4. The van der Waals surface area contributed by atoms with Gasteiger partial charge in [-0.15, -0.1) is 0 Å². The maximum atomic E-state index is 10.8. The summed E-state index contributed by atoms with van der Waals surface area (Å²) in [6, 6.07) is 2.74. The SMILES string of the molecule is O=[N+]([O-])c1cc(Cl)c(N2CC3CNCC3C2)c(Cl)c1. The van der Waals surface area contributed by atoms with Gasteiger partial charge in [0, 0.05) is 38.3 Å². The number of fused-ring (bicyclic) bond motifs is 1. The number of halogens is 2. The summed E-state index contributed by atoms with van der Waals surface area (Å²) in [7, 11) is 0. The van der Waals surface area contributed by atoms with Crippen molar-refractivity contribution in [3.63, 3.8) is 0 Å². The molecule has 2 saturated heterocycles. The fourth-order valence-electron chi connectivity index (χ4n) is 3.00. The van der Waals surface area contributed by atoms with E-state index in [4.69, 9.17) is 23.2 Å². The Morgan fingerprint density at radius 1 is 1.21 bits per heavy atom. The van der Waals surface area contributed by atoms with Crippen LogP contribution in [0.5, 0.6) is 0 Å². The lowest BCUT2D eigenvalue weighted by atomic mass is 10.0. The minimum Gasteiger partial charge on any atom is -0.368 e. The number of rotatable bonds is 2. The highest BCUT2D eigenvalue weighted by Gasteiger charge is 2.37. The third kappa shape index (κ3) is 2.26. The van der Waals surface area contributed by atoms with Gasteiger partial charge >= 0.3 is 0 Å². The molecule has 19 heavy (non-hydrogen) atoms. The summed E-state index contributed by atoms with van der Waals surface area (Å²) in [5.41, 5.74) is 0.656. The van der Waals surface area contributed by atoms with Crippen LogP contribution in [0.1, 0.15) is 0 Å². The van der Waals surface area contributed by atoms with Crippen molar-refractivity contribution in [2.45, 2.75) is 0 Å². The number of nitrogens with zero attached hydrogens (tertiary/aromatic N) is 2. The number of anilines is 1. The van der Waals surface area contributed by atoms with E-state index in [1.54, 1.807) is 0 Å². The zero-order valence-electron chi connectivity index (χ0n) is 10.1. The standard InChI is InChI=1S/C12H13Cl2N3O2/c13-10-1-9(17(18)19)2-11(14)12(10)16-5-7-3-15-4-8(7)6-16/h1-2,7-8,15H,3-6H2. The van der Waals surface area contributed by atoms with Crippen LogP contribution >= 0.6 is 23.2 Å². The van der Waals surface area contributed by atoms with E-state index in [1.165, 1.54) is 12.1 Å². The third-order valence-electron chi connectivity index (χ3n) is 3.92. The molecule has 1 N–H and O–H groups in total. The van der Waals surface area contributed by atoms with Gasteiger partial charge in [-0.3, -0.25) is 10.1 Å². The second kappa shape index (κ2) is 4.81. The molecular weight excluding hydrogens is 289 g/mol. The Morgan fingerprint density at radius 3 is 2.21 bits per heavy atom. The van der Waals surface area contributed by atoms with Crippen LogP contribution in [0.3, 0.4) is 0 Å². The molecule has 2 aliphatic rings. The van der Waals surface area contributed by atoms with Crippen molar-refractivity contribution in [2.75, 3.05) is 31.1 Å². The minimum atomic E-state index is -0.482. The van der Waals surface area contributed by atoms with E-state index in [-0.39, 0.29) is 5.69 Å². The van der Waals surface area contributed by atoms with E-state index in [0.717, 1.165) is 31.9 Å². The van der Waals surface area contributed by atoms with Gasteiger partial charge in [-0.05, 0) is 11.8 Å². The minimum absolute atomic E-state index is 0.0696. The summed E-state index contributed by atoms with van der Waals surface area (Å²) < 4.78 is 0. The van der Waals surface area contributed by atoms with Crippen molar-refractivity contribution in [2.24, 2.45) is 11.8 Å². The van der Waals surface area contributed by atoms with Crippen molar-refractivity contribution in [3.8, 4) is 0 Å². The van der Waals surface area contributed by atoms with E-state index >= 15 is 0 Å². The smallest absolute Gasteiger partial charge is 0.272 e. The van der Waals surface area contributed by atoms with E-state index < -0.39 is 4.92 Å². The number of hydrogen-bond acceptors (Lipinski definition) is 4. The predicted octanol–water partition coefficient (Wildman–Crippen LogP) is 2.56. The van der Waals surface area contributed by atoms with Crippen molar-refractivity contribution >= 4 is 34.6 Å². The maximum Gasteiger partial charge on any atom is 0.272 e. The zero-order valence-corrected chi connectivity index (χ0v) is 11.6. The quantitative estimate of drug-likeness (QED) is 0.674. The fourth-order valence-corrected chi connectivity index (χ4v) is 3.71. The monoisotopic (exact) mass is 301 g/mol. The molecule has 0 bridgehead atoms. The lowest BCUT2D eigenvalue weighted by Gasteiger charge is -2.22. The van der Waals surface area contributed by atoms with Crippen LogP contribution in [-0.2, 0) is 0 Å². The first-order chi connectivity index (χ1) is 9.06. The van der Waals surface area contributed by atoms with Crippen LogP contribution in [0.25, 0.3) is 0 Å². The summed E-state index contributed by atoms with van der Waals surface area (Å²) in [6.45, 7) is 3.83. The molecular formula is C12H13Cl2N3O2.